The molecule has 10 heavy (non-hydrogen) atoms. The maximum atomic E-state index is 11.0. The van der Waals surface area contributed by atoms with Crippen molar-refractivity contribution in [1.82, 2.24) is 5.06 Å². The molecule has 0 N–H and O–H groups in total. The normalized spacial score (nSPS) is 58.4. The predicted molar refractivity (Wildman–Crippen MR) is 29.5 cm³/mol. The number of hydrogen-bond acceptors (Lipinski definition) is 5. The third kappa shape index (κ3) is 0.446. The monoisotopic (exact) mass is 163 g/mol. The van der Waals surface area contributed by atoms with Crippen molar-refractivity contribution in [2.45, 2.75) is 18.8 Å². The Morgan fingerprint density at radius 3 is 3.00 bits per heavy atom. The molecule has 0 aromatic heterocycles. The highest BCUT2D eigenvalue weighted by Gasteiger charge is 2.72. The molecule has 5 nitrogen and oxygen atoms in total. The first-order chi connectivity index (χ1) is 4.73. The van der Waals surface area contributed by atoms with Crippen molar-refractivity contribution in [2.24, 2.45) is 0 Å². The molecule has 4 fully saturated rings. The van der Waals surface area contributed by atoms with Gasteiger partial charge in [-0.05, 0) is 6.42 Å². The summed E-state index contributed by atoms with van der Waals surface area (Å²) >= 11 is 0. The van der Waals surface area contributed by atoms with E-state index >= 15 is 0 Å². The lowest BCUT2D eigenvalue weighted by Crippen LogP contribution is -2.42. The topological polar surface area (TPSA) is 48.0 Å². The summed E-state index contributed by atoms with van der Waals surface area (Å²) in [5.41, 5.74) is 0. The van der Waals surface area contributed by atoms with E-state index in [1.54, 1.807) is 0 Å². The SMILES string of the molecule is O=P12ON3CCCC3(O1)O2. The van der Waals surface area contributed by atoms with E-state index in [0.29, 0.717) is 0 Å². The first-order valence-electron chi connectivity index (χ1n) is 3.21. The smallest absolute Gasteiger partial charge is 0.235 e. The Morgan fingerprint density at radius 2 is 2.30 bits per heavy atom. The molecule has 4 aliphatic heterocycles. The van der Waals surface area contributed by atoms with Gasteiger partial charge in [0.1, 0.15) is 0 Å². The van der Waals surface area contributed by atoms with Gasteiger partial charge >= 0.3 is 7.82 Å². The molecule has 56 valence electrons. The number of phosphoric acid groups is 1. The maximum absolute atomic E-state index is 11.0. The molecule has 4 rings (SSSR count). The van der Waals surface area contributed by atoms with Gasteiger partial charge in [-0.3, -0.25) is 0 Å². The Morgan fingerprint density at radius 1 is 1.50 bits per heavy atom. The zero-order chi connectivity index (χ0) is 6.82. The molecular weight excluding hydrogens is 157 g/mol. The minimum atomic E-state index is -3.06. The van der Waals surface area contributed by atoms with Gasteiger partial charge in [0.25, 0.3) is 5.91 Å². The highest BCUT2D eigenvalue weighted by molar-refractivity contribution is 7.50. The van der Waals surface area contributed by atoms with E-state index < -0.39 is 13.7 Å². The fraction of sp³-hybridized carbons (Fsp3) is 1.00. The molecule has 0 unspecified atom stereocenters. The van der Waals surface area contributed by atoms with Crippen LogP contribution in [0.2, 0.25) is 0 Å². The van der Waals surface area contributed by atoms with E-state index in [4.69, 9.17) is 13.7 Å². The standard InChI is InChI=1S/C4H6NO4P/c6-10-7-4(8-10)2-1-3-5(4)9-10/h1-3H2. The molecule has 0 aromatic carbocycles. The molecule has 0 aliphatic carbocycles. The fourth-order valence-corrected chi connectivity index (χ4v) is 3.13. The van der Waals surface area contributed by atoms with Gasteiger partial charge in [0, 0.05) is 13.0 Å². The second kappa shape index (κ2) is 1.33. The molecule has 0 amide bonds. The zero-order valence-corrected chi connectivity index (χ0v) is 6.04. The summed E-state index contributed by atoms with van der Waals surface area (Å²) in [4.78, 5) is 0. The molecule has 4 aliphatic rings. The molecule has 0 saturated carbocycles. The molecule has 0 atom stereocenters. The molecule has 0 radical (unpaired) electrons. The Kier molecular flexibility index (Phi) is 0.757. The Balaban J connectivity index is 2.05. The van der Waals surface area contributed by atoms with Gasteiger partial charge in [0.15, 0.2) is 0 Å². The first kappa shape index (κ1) is 5.69. The van der Waals surface area contributed by atoms with Crippen LogP contribution in [0.25, 0.3) is 0 Å². The number of phosphoric ester groups is 1. The van der Waals surface area contributed by atoms with Crippen molar-refractivity contribution in [3.05, 3.63) is 0 Å². The Labute approximate surface area is 57.4 Å². The number of rotatable bonds is 0. The van der Waals surface area contributed by atoms with Crippen LogP contribution in [0.4, 0.5) is 0 Å². The Bertz CT molecular complexity index is 223. The molecule has 2 bridgehead atoms. The van der Waals surface area contributed by atoms with Gasteiger partial charge in [-0.2, -0.15) is 4.62 Å². The summed E-state index contributed by atoms with van der Waals surface area (Å²) < 4.78 is 25.8. The van der Waals surface area contributed by atoms with Gasteiger partial charge in [0.05, 0.1) is 0 Å². The fourth-order valence-electron chi connectivity index (χ4n) is 1.54. The van der Waals surface area contributed by atoms with Crippen LogP contribution in [0.3, 0.4) is 0 Å². The highest BCUT2D eigenvalue weighted by atomic mass is 31.2. The summed E-state index contributed by atoms with van der Waals surface area (Å²) in [5, 5.41) is 1.54. The van der Waals surface area contributed by atoms with Crippen LogP contribution in [0, 0.1) is 0 Å². The lowest BCUT2D eigenvalue weighted by atomic mass is 10.3. The van der Waals surface area contributed by atoms with Gasteiger partial charge in [-0.15, -0.1) is 5.06 Å². The maximum Gasteiger partial charge on any atom is 0.499 e. The van der Waals surface area contributed by atoms with E-state index in [-0.39, 0.29) is 0 Å². The van der Waals surface area contributed by atoms with Crippen molar-refractivity contribution in [3.63, 3.8) is 0 Å². The van der Waals surface area contributed by atoms with E-state index in [0.717, 1.165) is 19.4 Å². The molecule has 4 saturated heterocycles. The van der Waals surface area contributed by atoms with Crippen molar-refractivity contribution in [1.29, 1.82) is 0 Å². The average Bonchev–Trinajstić information content (AvgIpc) is 2.20. The number of hydroxylamine groups is 2. The lowest BCUT2D eigenvalue weighted by Gasteiger charge is -2.31. The van der Waals surface area contributed by atoms with E-state index in [1.807, 2.05) is 0 Å². The molecule has 6 heteroatoms. The van der Waals surface area contributed by atoms with E-state index in [1.165, 1.54) is 5.06 Å². The minimum Gasteiger partial charge on any atom is -0.235 e. The summed E-state index contributed by atoms with van der Waals surface area (Å²) in [6.07, 6.45) is 1.73. The highest BCUT2D eigenvalue weighted by Crippen LogP contribution is 2.75. The zero-order valence-electron chi connectivity index (χ0n) is 5.15. The summed E-state index contributed by atoms with van der Waals surface area (Å²) in [7, 11) is -3.06. The van der Waals surface area contributed by atoms with Crippen LogP contribution in [-0.2, 0) is 18.2 Å². The van der Waals surface area contributed by atoms with E-state index in [9.17, 15) is 4.57 Å². The van der Waals surface area contributed by atoms with Gasteiger partial charge < -0.3 is 0 Å². The Hall–Kier alpha value is 0.0700. The van der Waals surface area contributed by atoms with Crippen molar-refractivity contribution < 1.29 is 18.2 Å². The second-order valence-electron chi connectivity index (χ2n) is 2.63. The second-order valence-corrected chi connectivity index (χ2v) is 4.05. The lowest BCUT2D eigenvalue weighted by molar-refractivity contribution is -0.255. The van der Waals surface area contributed by atoms with Gasteiger partial charge in [0.2, 0.25) is 0 Å². The summed E-state index contributed by atoms with van der Waals surface area (Å²) in [6, 6.07) is 0. The van der Waals surface area contributed by atoms with Crippen LogP contribution >= 0.6 is 7.82 Å². The molecular formula is C4H6NO4P. The average molecular weight is 163 g/mol. The number of hydrogen-bond donors (Lipinski definition) is 0. The molecule has 1 spiro atoms. The summed E-state index contributed by atoms with van der Waals surface area (Å²) in [6.45, 7) is 0.754. The predicted octanol–water partition coefficient (Wildman–Crippen LogP) is 0.836. The van der Waals surface area contributed by atoms with Crippen LogP contribution in [-0.4, -0.2) is 17.5 Å². The van der Waals surface area contributed by atoms with Gasteiger partial charge in [-0.1, -0.05) is 0 Å². The third-order valence-corrected chi connectivity index (χ3v) is 3.36. The van der Waals surface area contributed by atoms with Gasteiger partial charge in [-0.25, -0.2) is 13.6 Å². The van der Waals surface area contributed by atoms with E-state index in [2.05, 4.69) is 0 Å². The molecule has 0 aromatic rings. The van der Waals surface area contributed by atoms with Crippen molar-refractivity contribution >= 4 is 7.82 Å². The number of nitrogens with zero attached hydrogens (tertiary/aromatic N) is 1. The quantitative estimate of drug-likeness (QED) is 0.495. The first-order valence-corrected chi connectivity index (χ1v) is 4.68. The van der Waals surface area contributed by atoms with Crippen LogP contribution in [0.15, 0.2) is 0 Å². The van der Waals surface area contributed by atoms with Crippen molar-refractivity contribution in [2.75, 3.05) is 6.54 Å². The summed E-state index contributed by atoms with van der Waals surface area (Å²) in [5.74, 6) is -0.741. The van der Waals surface area contributed by atoms with Crippen molar-refractivity contribution in [3.8, 4) is 0 Å². The van der Waals surface area contributed by atoms with Crippen LogP contribution in [0.1, 0.15) is 12.8 Å². The minimum absolute atomic E-state index is 0.741. The van der Waals surface area contributed by atoms with Crippen LogP contribution in [0.5, 0.6) is 0 Å². The third-order valence-electron chi connectivity index (χ3n) is 1.94. The molecule has 4 heterocycles. The largest absolute Gasteiger partial charge is 0.499 e. The van der Waals surface area contributed by atoms with Crippen LogP contribution < -0.4 is 0 Å².